The number of carboxylic acid groups (broad SMARTS) is 1. The minimum Gasteiger partial charge on any atom is -0.480 e. The number of aliphatic carboxylic acids is 1. The van der Waals surface area contributed by atoms with Gasteiger partial charge in [-0.05, 0) is 18.9 Å². The number of aromatic nitrogens is 5. The summed E-state index contributed by atoms with van der Waals surface area (Å²) in [5.74, 6) is -0.0989. The fourth-order valence-corrected chi connectivity index (χ4v) is 1.77. The highest BCUT2D eigenvalue weighted by Gasteiger charge is 2.07. The predicted molar refractivity (Wildman–Crippen MR) is 75.8 cm³/mol. The SMILES string of the molecule is Cc1cc(C(C)C)nc(NCc2cn(CC(=O)O)nn2)n1. The molecule has 2 aromatic rings. The summed E-state index contributed by atoms with van der Waals surface area (Å²) in [7, 11) is 0. The topological polar surface area (TPSA) is 106 Å². The van der Waals surface area contributed by atoms with Gasteiger partial charge in [-0.25, -0.2) is 14.6 Å². The highest BCUT2D eigenvalue weighted by atomic mass is 16.4. The monoisotopic (exact) mass is 290 g/mol. The molecule has 2 aromatic heterocycles. The average molecular weight is 290 g/mol. The molecule has 2 heterocycles. The molecule has 21 heavy (non-hydrogen) atoms. The summed E-state index contributed by atoms with van der Waals surface area (Å²) in [4.78, 5) is 19.3. The van der Waals surface area contributed by atoms with Crippen LogP contribution in [0.1, 0.15) is 36.8 Å². The third-order valence-corrected chi connectivity index (χ3v) is 2.78. The second kappa shape index (κ2) is 6.29. The molecule has 0 spiro atoms. The Bertz CT molecular complexity index is 637. The first-order chi connectivity index (χ1) is 9.94. The molecule has 0 atom stereocenters. The number of hydrogen-bond acceptors (Lipinski definition) is 6. The Morgan fingerprint density at radius 1 is 1.43 bits per heavy atom. The molecule has 0 fully saturated rings. The quantitative estimate of drug-likeness (QED) is 0.823. The van der Waals surface area contributed by atoms with Crippen molar-refractivity contribution in [1.29, 1.82) is 0 Å². The number of carbonyl (C=O) groups is 1. The molecule has 0 saturated carbocycles. The van der Waals surface area contributed by atoms with Crippen LogP contribution in [0.15, 0.2) is 12.3 Å². The lowest BCUT2D eigenvalue weighted by atomic mass is 10.1. The number of anilines is 1. The minimum atomic E-state index is -0.956. The Balaban J connectivity index is 2.02. The normalized spacial score (nSPS) is 10.9. The van der Waals surface area contributed by atoms with Crippen LogP contribution in [0.3, 0.4) is 0 Å². The van der Waals surface area contributed by atoms with E-state index in [1.54, 1.807) is 6.20 Å². The van der Waals surface area contributed by atoms with Crippen LogP contribution in [0, 0.1) is 6.92 Å². The zero-order valence-corrected chi connectivity index (χ0v) is 12.2. The van der Waals surface area contributed by atoms with Crippen molar-refractivity contribution in [2.45, 2.75) is 39.8 Å². The van der Waals surface area contributed by atoms with E-state index in [2.05, 4.69) is 39.4 Å². The Morgan fingerprint density at radius 3 is 2.86 bits per heavy atom. The fraction of sp³-hybridized carbons (Fsp3) is 0.462. The van der Waals surface area contributed by atoms with E-state index in [1.165, 1.54) is 4.68 Å². The second-order valence-electron chi connectivity index (χ2n) is 5.07. The smallest absolute Gasteiger partial charge is 0.325 e. The van der Waals surface area contributed by atoms with E-state index >= 15 is 0 Å². The molecule has 0 radical (unpaired) electrons. The third kappa shape index (κ3) is 4.23. The van der Waals surface area contributed by atoms with Gasteiger partial charge >= 0.3 is 5.97 Å². The van der Waals surface area contributed by atoms with Crippen molar-refractivity contribution in [1.82, 2.24) is 25.0 Å². The van der Waals surface area contributed by atoms with Crippen LogP contribution in [0.2, 0.25) is 0 Å². The molecule has 0 aliphatic rings. The van der Waals surface area contributed by atoms with Crippen LogP contribution in [0.4, 0.5) is 5.95 Å². The van der Waals surface area contributed by atoms with Gasteiger partial charge in [0.05, 0.1) is 12.7 Å². The molecule has 0 aliphatic carbocycles. The van der Waals surface area contributed by atoms with Gasteiger partial charge in [0.15, 0.2) is 0 Å². The Labute approximate surface area is 122 Å². The number of carboxylic acids is 1. The maximum Gasteiger partial charge on any atom is 0.325 e. The highest BCUT2D eigenvalue weighted by molar-refractivity contribution is 5.66. The predicted octanol–water partition coefficient (Wildman–Crippen LogP) is 1.20. The van der Waals surface area contributed by atoms with Crippen LogP contribution < -0.4 is 5.32 Å². The summed E-state index contributed by atoms with van der Waals surface area (Å²) >= 11 is 0. The summed E-state index contributed by atoms with van der Waals surface area (Å²) < 4.78 is 1.27. The zero-order chi connectivity index (χ0) is 15.4. The third-order valence-electron chi connectivity index (χ3n) is 2.78. The van der Waals surface area contributed by atoms with Crippen molar-refractivity contribution < 1.29 is 9.90 Å². The molecule has 0 saturated heterocycles. The van der Waals surface area contributed by atoms with Gasteiger partial charge in [-0.3, -0.25) is 4.79 Å². The largest absolute Gasteiger partial charge is 0.480 e. The first-order valence-corrected chi connectivity index (χ1v) is 6.64. The molecule has 8 heteroatoms. The summed E-state index contributed by atoms with van der Waals surface area (Å²) in [5.41, 5.74) is 2.50. The molecule has 2 rings (SSSR count). The lowest BCUT2D eigenvalue weighted by molar-refractivity contribution is -0.137. The highest BCUT2D eigenvalue weighted by Crippen LogP contribution is 2.14. The van der Waals surface area contributed by atoms with Crippen LogP contribution in [-0.4, -0.2) is 36.0 Å². The van der Waals surface area contributed by atoms with E-state index in [9.17, 15) is 4.79 Å². The fourth-order valence-electron chi connectivity index (χ4n) is 1.77. The van der Waals surface area contributed by atoms with Gasteiger partial charge < -0.3 is 10.4 Å². The van der Waals surface area contributed by atoms with E-state index in [4.69, 9.17) is 5.11 Å². The summed E-state index contributed by atoms with van der Waals surface area (Å²) in [6.45, 7) is 6.25. The van der Waals surface area contributed by atoms with Crippen LogP contribution in [0.25, 0.3) is 0 Å². The first-order valence-electron chi connectivity index (χ1n) is 6.64. The molecule has 0 bridgehead atoms. The lowest BCUT2D eigenvalue weighted by Gasteiger charge is -2.09. The van der Waals surface area contributed by atoms with Crippen molar-refractivity contribution in [2.75, 3.05) is 5.32 Å². The molecule has 0 aliphatic heterocycles. The van der Waals surface area contributed by atoms with Crippen molar-refractivity contribution in [2.24, 2.45) is 0 Å². The number of nitrogens with zero attached hydrogens (tertiary/aromatic N) is 5. The lowest BCUT2D eigenvalue weighted by Crippen LogP contribution is -2.09. The van der Waals surface area contributed by atoms with Gasteiger partial charge in [0.25, 0.3) is 0 Å². The number of nitrogens with one attached hydrogen (secondary N) is 1. The zero-order valence-electron chi connectivity index (χ0n) is 12.2. The molecule has 112 valence electrons. The Morgan fingerprint density at radius 2 is 2.19 bits per heavy atom. The first kappa shape index (κ1) is 14.9. The van der Waals surface area contributed by atoms with Gasteiger partial charge in [-0.2, -0.15) is 0 Å². The van der Waals surface area contributed by atoms with Crippen LogP contribution in [-0.2, 0) is 17.9 Å². The van der Waals surface area contributed by atoms with Crippen molar-refractivity contribution in [3.63, 3.8) is 0 Å². The molecular weight excluding hydrogens is 272 g/mol. The van der Waals surface area contributed by atoms with Gasteiger partial charge in [0, 0.05) is 11.4 Å². The minimum absolute atomic E-state index is 0.203. The van der Waals surface area contributed by atoms with E-state index in [-0.39, 0.29) is 6.54 Å². The van der Waals surface area contributed by atoms with Crippen molar-refractivity contribution in [3.8, 4) is 0 Å². The van der Waals surface area contributed by atoms with Gasteiger partial charge in [0.1, 0.15) is 12.2 Å². The number of rotatable bonds is 6. The van der Waals surface area contributed by atoms with E-state index in [0.717, 1.165) is 11.4 Å². The Kier molecular flexibility index (Phi) is 4.46. The molecule has 8 nitrogen and oxygen atoms in total. The standard InChI is InChI=1S/C13H18N6O2/c1-8(2)11-4-9(3)15-13(16-11)14-5-10-6-19(18-17-10)7-12(20)21/h4,6,8H,5,7H2,1-3H3,(H,20,21)(H,14,15,16). The van der Waals surface area contributed by atoms with Crippen molar-refractivity contribution >= 4 is 11.9 Å². The maximum absolute atomic E-state index is 10.6. The summed E-state index contributed by atoms with van der Waals surface area (Å²) in [5, 5.41) is 19.4. The Hall–Kier alpha value is -2.51. The summed E-state index contributed by atoms with van der Waals surface area (Å²) in [6.07, 6.45) is 1.58. The second-order valence-corrected chi connectivity index (χ2v) is 5.07. The number of hydrogen-bond donors (Lipinski definition) is 2. The summed E-state index contributed by atoms with van der Waals surface area (Å²) in [6, 6.07) is 1.96. The average Bonchev–Trinajstić information content (AvgIpc) is 2.82. The van der Waals surface area contributed by atoms with Gasteiger partial charge in [-0.1, -0.05) is 19.1 Å². The van der Waals surface area contributed by atoms with Gasteiger partial charge in [-0.15, -0.1) is 5.10 Å². The van der Waals surface area contributed by atoms with E-state index < -0.39 is 5.97 Å². The molecule has 0 unspecified atom stereocenters. The molecular formula is C13H18N6O2. The number of aryl methyl sites for hydroxylation is 1. The van der Waals surface area contributed by atoms with Gasteiger partial charge in [0.2, 0.25) is 5.95 Å². The molecule has 0 amide bonds. The van der Waals surface area contributed by atoms with Crippen LogP contribution >= 0.6 is 0 Å². The maximum atomic E-state index is 10.6. The van der Waals surface area contributed by atoms with E-state index in [0.29, 0.717) is 24.1 Å². The molecule has 2 N–H and O–H groups in total. The van der Waals surface area contributed by atoms with Crippen molar-refractivity contribution in [3.05, 3.63) is 29.3 Å². The van der Waals surface area contributed by atoms with E-state index in [1.807, 2.05) is 13.0 Å². The van der Waals surface area contributed by atoms with Crippen LogP contribution in [0.5, 0.6) is 0 Å². The molecule has 0 aromatic carbocycles.